The van der Waals surface area contributed by atoms with Crippen LogP contribution in [0.15, 0.2) is 53.4 Å². The number of esters is 1. The van der Waals surface area contributed by atoms with Crippen LogP contribution in [-0.2, 0) is 26.9 Å². The Labute approximate surface area is 160 Å². The van der Waals surface area contributed by atoms with Gasteiger partial charge in [-0.2, -0.15) is 0 Å². The molecule has 2 aromatic carbocycles. The van der Waals surface area contributed by atoms with E-state index in [0.717, 1.165) is 5.56 Å². The quantitative estimate of drug-likeness (QED) is 0.732. The number of hydrogen-bond acceptors (Lipinski definition) is 4. The van der Waals surface area contributed by atoms with Crippen molar-refractivity contribution in [3.8, 4) is 0 Å². The SMILES string of the molecule is CCS(=O)c1ccccc1C(=O)OC(C)C(=O)NCc1ccccc1Cl. The van der Waals surface area contributed by atoms with E-state index in [1.807, 2.05) is 6.07 Å². The van der Waals surface area contributed by atoms with Crippen molar-refractivity contribution in [1.29, 1.82) is 0 Å². The first-order valence-corrected chi connectivity index (χ1v) is 9.83. The van der Waals surface area contributed by atoms with Crippen molar-refractivity contribution >= 4 is 34.3 Å². The summed E-state index contributed by atoms with van der Waals surface area (Å²) in [4.78, 5) is 25.0. The highest BCUT2D eigenvalue weighted by Gasteiger charge is 2.22. The summed E-state index contributed by atoms with van der Waals surface area (Å²) in [6, 6.07) is 13.7. The minimum atomic E-state index is -1.30. The highest BCUT2D eigenvalue weighted by atomic mass is 35.5. The number of hydrogen-bond donors (Lipinski definition) is 1. The third-order valence-corrected chi connectivity index (χ3v) is 5.42. The summed E-state index contributed by atoms with van der Waals surface area (Å²) in [7, 11) is -1.30. The smallest absolute Gasteiger partial charge is 0.340 e. The molecule has 0 fully saturated rings. The number of carbonyl (C=O) groups is 2. The molecule has 0 aromatic heterocycles. The predicted molar refractivity (Wildman–Crippen MR) is 102 cm³/mol. The summed E-state index contributed by atoms with van der Waals surface area (Å²) >= 11 is 6.05. The van der Waals surface area contributed by atoms with Crippen LogP contribution in [0.3, 0.4) is 0 Å². The molecule has 2 atom stereocenters. The van der Waals surface area contributed by atoms with E-state index in [1.165, 1.54) is 6.92 Å². The molecular formula is C19H20ClNO4S. The van der Waals surface area contributed by atoms with E-state index in [0.29, 0.717) is 15.7 Å². The van der Waals surface area contributed by atoms with Crippen LogP contribution in [0.1, 0.15) is 29.8 Å². The Bertz CT molecular complexity index is 825. The van der Waals surface area contributed by atoms with Gasteiger partial charge in [-0.25, -0.2) is 4.79 Å². The van der Waals surface area contributed by atoms with Gasteiger partial charge in [-0.3, -0.25) is 9.00 Å². The monoisotopic (exact) mass is 393 g/mol. The number of amides is 1. The molecule has 0 bridgehead atoms. The summed E-state index contributed by atoms with van der Waals surface area (Å²) in [6.07, 6.45) is -0.992. The molecule has 1 amide bonds. The third-order valence-electron chi connectivity index (χ3n) is 3.68. The third kappa shape index (κ3) is 5.16. The van der Waals surface area contributed by atoms with Crippen molar-refractivity contribution in [2.45, 2.75) is 31.4 Å². The van der Waals surface area contributed by atoms with E-state index < -0.39 is 28.8 Å². The van der Waals surface area contributed by atoms with Crippen molar-refractivity contribution in [3.63, 3.8) is 0 Å². The molecule has 0 spiro atoms. The normalized spacial score (nSPS) is 12.9. The van der Waals surface area contributed by atoms with Crippen LogP contribution in [0.2, 0.25) is 5.02 Å². The van der Waals surface area contributed by atoms with E-state index in [4.69, 9.17) is 16.3 Å². The van der Waals surface area contributed by atoms with Crippen LogP contribution in [0.5, 0.6) is 0 Å². The van der Waals surface area contributed by atoms with Crippen molar-refractivity contribution in [3.05, 3.63) is 64.7 Å². The van der Waals surface area contributed by atoms with Gasteiger partial charge in [-0.15, -0.1) is 0 Å². The molecular weight excluding hydrogens is 374 g/mol. The highest BCUT2D eigenvalue weighted by molar-refractivity contribution is 7.85. The van der Waals surface area contributed by atoms with Gasteiger partial charge in [0, 0.05) is 17.3 Å². The number of ether oxygens (including phenoxy) is 1. The molecule has 26 heavy (non-hydrogen) atoms. The Morgan fingerprint density at radius 2 is 1.81 bits per heavy atom. The van der Waals surface area contributed by atoms with Gasteiger partial charge >= 0.3 is 5.97 Å². The number of carbonyl (C=O) groups excluding carboxylic acids is 2. The first kappa shape index (κ1) is 20.1. The molecule has 0 saturated heterocycles. The first-order valence-electron chi connectivity index (χ1n) is 8.13. The fourth-order valence-corrected chi connectivity index (χ4v) is 3.38. The number of nitrogens with one attached hydrogen (secondary N) is 1. The Hall–Kier alpha value is -2.18. The fourth-order valence-electron chi connectivity index (χ4n) is 2.23. The van der Waals surface area contributed by atoms with Crippen LogP contribution in [0, 0.1) is 0 Å². The zero-order valence-electron chi connectivity index (χ0n) is 14.5. The second-order valence-corrected chi connectivity index (χ2v) is 7.60. The average molecular weight is 394 g/mol. The van der Waals surface area contributed by atoms with Crippen molar-refractivity contribution in [1.82, 2.24) is 5.32 Å². The lowest BCUT2D eigenvalue weighted by Crippen LogP contribution is -2.35. The molecule has 0 heterocycles. The molecule has 138 valence electrons. The van der Waals surface area contributed by atoms with Crippen LogP contribution in [0.4, 0.5) is 0 Å². The van der Waals surface area contributed by atoms with Gasteiger partial charge in [0.15, 0.2) is 6.10 Å². The van der Waals surface area contributed by atoms with Crippen molar-refractivity contribution < 1.29 is 18.5 Å². The minimum absolute atomic E-state index is 0.207. The minimum Gasteiger partial charge on any atom is -0.449 e. The summed E-state index contributed by atoms with van der Waals surface area (Å²) in [5.74, 6) is -0.729. The van der Waals surface area contributed by atoms with E-state index in [2.05, 4.69) is 5.32 Å². The second-order valence-electron chi connectivity index (χ2n) is 5.49. The zero-order valence-corrected chi connectivity index (χ0v) is 16.1. The lowest BCUT2D eigenvalue weighted by atomic mass is 10.2. The average Bonchev–Trinajstić information content (AvgIpc) is 2.66. The maximum Gasteiger partial charge on any atom is 0.340 e. The Balaban J connectivity index is 2.00. The van der Waals surface area contributed by atoms with Gasteiger partial charge in [0.2, 0.25) is 0 Å². The molecule has 1 N–H and O–H groups in total. The molecule has 0 saturated carbocycles. The van der Waals surface area contributed by atoms with Gasteiger partial charge in [0.05, 0.1) is 21.3 Å². The molecule has 5 nitrogen and oxygen atoms in total. The zero-order chi connectivity index (χ0) is 19.1. The van der Waals surface area contributed by atoms with E-state index in [-0.39, 0.29) is 12.1 Å². The standard InChI is InChI=1S/C19H20ClNO4S/c1-3-26(24)17-11-7-5-9-15(17)19(23)25-13(2)18(22)21-12-14-8-4-6-10-16(14)20/h4-11,13H,3,12H2,1-2H3,(H,21,22). The van der Waals surface area contributed by atoms with Crippen molar-refractivity contribution in [2.24, 2.45) is 0 Å². The Morgan fingerprint density at radius 1 is 1.15 bits per heavy atom. The van der Waals surface area contributed by atoms with E-state index in [9.17, 15) is 13.8 Å². The predicted octanol–water partition coefficient (Wildman–Crippen LogP) is 3.33. The number of halogens is 1. The molecule has 0 radical (unpaired) electrons. The van der Waals surface area contributed by atoms with Crippen LogP contribution in [-0.4, -0.2) is 27.9 Å². The second kappa shape index (κ2) is 9.50. The first-order chi connectivity index (χ1) is 12.4. The van der Waals surface area contributed by atoms with Crippen molar-refractivity contribution in [2.75, 3.05) is 5.75 Å². The summed E-state index contributed by atoms with van der Waals surface area (Å²) in [5, 5.41) is 3.23. The molecule has 0 aliphatic heterocycles. The lowest BCUT2D eigenvalue weighted by Gasteiger charge is -2.15. The maximum atomic E-state index is 12.4. The topological polar surface area (TPSA) is 72.5 Å². The van der Waals surface area contributed by atoms with Crippen LogP contribution in [0.25, 0.3) is 0 Å². The van der Waals surface area contributed by atoms with Gasteiger partial charge in [-0.1, -0.05) is 48.9 Å². The molecule has 7 heteroatoms. The summed E-state index contributed by atoms with van der Waals surface area (Å²) in [5.41, 5.74) is 0.975. The van der Waals surface area contributed by atoms with Crippen LogP contribution < -0.4 is 5.32 Å². The highest BCUT2D eigenvalue weighted by Crippen LogP contribution is 2.17. The fraction of sp³-hybridized carbons (Fsp3) is 0.263. The van der Waals surface area contributed by atoms with Gasteiger partial charge in [0.1, 0.15) is 0 Å². The molecule has 2 aromatic rings. The Morgan fingerprint density at radius 3 is 2.50 bits per heavy atom. The van der Waals surface area contributed by atoms with E-state index in [1.54, 1.807) is 49.4 Å². The molecule has 0 aliphatic carbocycles. The van der Waals surface area contributed by atoms with E-state index >= 15 is 0 Å². The van der Waals surface area contributed by atoms with Gasteiger partial charge in [-0.05, 0) is 30.7 Å². The Kier molecular flexibility index (Phi) is 7.36. The number of benzene rings is 2. The van der Waals surface area contributed by atoms with Crippen LogP contribution >= 0.6 is 11.6 Å². The summed E-state index contributed by atoms with van der Waals surface area (Å²) in [6.45, 7) is 3.49. The molecule has 2 rings (SSSR count). The largest absolute Gasteiger partial charge is 0.449 e. The number of rotatable bonds is 7. The maximum absolute atomic E-state index is 12.4. The molecule has 0 aliphatic rings. The van der Waals surface area contributed by atoms with Gasteiger partial charge < -0.3 is 10.1 Å². The van der Waals surface area contributed by atoms with Gasteiger partial charge in [0.25, 0.3) is 5.91 Å². The molecule has 2 unspecified atom stereocenters. The summed E-state index contributed by atoms with van der Waals surface area (Å²) < 4.78 is 17.3. The lowest BCUT2D eigenvalue weighted by molar-refractivity contribution is -0.129.